The summed E-state index contributed by atoms with van der Waals surface area (Å²) in [5, 5.41) is -13.2. The summed E-state index contributed by atoms with van der Waals surface area (Å²) in [6, 6.07) is -0.153. The molecule has 2 saturated heterocycles. The molecule has 2 aliphatic rings. The zero-order valence-electron chi connectivity index (χ0n) is 14.5. The molecule has 2 heterocycles. The SMILES string of the molecule is O=S(=O)(O)C(F)(F)C(F)(F)C(F)(F)S(=O)(=O)N1CCC(N2CCCCC2)CC1. The topological polar surface area (TPSA) is 95.0 Å². The molecular formula is C13H20F6N2O5S2. The molecule has 0 atom stereocenters. The Kier molecular flexibility index (Phi) is 6.38. The van der Waals surface area contributed by atoms with E-state index in [0.29, 0.717) is 0 Å². The fourth-order valence-corrected chi connectivity index (χ4v) is 5.37. The second-order valence-corrected chi connectivity index (χ2v) is 10.3. The first-order valence-electron chi connectivity index (χ1n) is 8.41. The van der Waals surface area contributed by atoms with Gasteiger partial charge in [0, 0.05) is 19.1 Å². The highest BCUT2D eigenvalue weighted by atomic mass is 32.2. The Labute approximate surface area is 158 Å². The Balaban J connectivity index is 2.21. The summed E-state index contributed by atoms with van der Waals surface area (Å²) < 4.78 is 135. The van der Waals surface area contributed by atoms with Gasteiger partial charge in [-0.15, -0.1) is 0 Å². The van der Waals surface area contributed by atoms with E-state index in [4.69, 9.17) is 4.55 Å². The molecule has 2 fully saturated rings. The Hall–Kier alpha value is -0.640. The second kappa shape index (κ2) is 7.56. The van der Waals surface area contributed by atoms with E-state index in [1.165, 1.54) is 0 Å². The van der Waals surface area contributed by atoms with Gasteiger partial charge >= 0.3 is 26.5 Å². The van der Waals surface area contributed by atoms with E-state index in [0.717, 1.165) is 32.4 Å². The predicted molar refractivity (Wildman–Crippen MR) is 85.3 cm³/mol. The van der Waals surface area contributed by atoms with Crippen LogP contribution in [0.3, 0.4) is 0 Å². The third-order valence-corrected chi connectivity index (χ3v) is 7.90. The Bertz CT molecular complexity index is 775. The molecule has 0 aliphatic carbocycles. The lowest BCUT2D eigenvalue weighted by Gasteiger charge is -2.41. The van der Waals surface area contributed by atoms with Crippen molar-refractivity contribution in [2.75, 3.05) is 26.2 Å². The van der Waals surface area contributed by atoms with Crippen molar-refractivity contribution in [3.05, 3.63) is 0 Å². The number of alkyl halides is 6. The Morgan fingerprint density at radius 2 is 1.21 bits per heavy atom. The van der Waals surface area contributed by atoms with Gasteiger partial charge in [0.2, 0.25) is 0 Å². The van der Waals surface area contributed by atoms with Crippen LogP contribution in [0.25, 0.3) is 0 Å². The molecule has 2 aliphatic heterocycles. The van der Waals surface area contributed by atoms with Crippen molar-refractivity contribution in [1.82, 2.24) is 9.21 Å². The van der Waals surface area contributed by atoms with Crippen molar-refractivity contribution >= 4 is 20.1 Å². The van der Waals surface area contributed by atoms with Crippen molar-refractivity contribution in [1.29, 1.82) is 0 Å². The number of hydrogen-bond acceptors (Lipinski definition) is 5. The molecule has 7 nitrogen and oxygen atoms in total. The van der Waals surface area contributed by atoms with Gasteiger partial charge in [0.25, 0.3) is 10.0 Å². The Morgan fingerprint density at radius 1 is 0.750 bits per heavy atom. The van der Waals surface area contributed by atoms with Crippen LogP contribution in [0.4, 0.5) is 26.3 Å². The predicted octanol–water partition coefficient (Wildman–Crippen LogP) is 1.98. The molecule has 0 aromatic rings. The number of sulfonamides is 1. The van der Waals surface area contributed by atoms with Crippen LogP contribution in [0.5, 0.6) is 0 Å². The summed E-state index contributed by atoms with van der Waals surface area (Å²) in [6.45, 7) is 0.248. The molecule has 28 heavy (non-hydrogen) atoms. The van der Waals surface area contributed by atoms with Crippen LogP contribution in [-0.2, 0) is 20.1 Å². The highest BCUT2D eigenvalue weighted by molar-refractivity contribution is 7.90. The van der Waals surface area contributed by atoms with Gasteiger partial charge < -0.3 is 4.90 Å². The summed E-state index contributed by atoms with van der Waals surface area (Å²) >= 11 is 0. The van der Waals surface area contributed by atoms with Gasteiger partial charge in [-0.3, -0.25) is 4.55 Å². The van der Waals surface area contributed by atoms with E-state index in [1.807, 2.05) is 4.90 Å². The van der Waals surface area contributed by atoms with Crippen LogP contribution in [0.1, 0.15) is 32.1 Å². The first-order valence-corrected chi connectivity index (χ1v) is 11.3. The summed E-state index contributed by atoms with van der Waals surface area (Å²) in [5.41, 5.74) is 0. The summed E-state index contributed by atoms with van der Waals surface area (Å²) in [4.78, 5) is 2.03. The van der Waals surface area contributed by atoms with Gasteiger partial charge in [-0.1, -0.05) is 6.42 Å². The molecule has 15 heteroatoms. The lowest BCUT2D eigenvalue weighted by molar-refractivity contribution is -0.247. The monoisotopic (exact) mass is 462 g/mol. The van der Waals surface area contributed by atoms with Gasteiger partial charge in [-0.2, -0.15) is 39.1 Å². The molecule has 1 N–H and O–H groups in total. The number of likely N-dealkylation sites (tertiary alicyclic amines) is 1. The van der Waals surface area contributed by atoms with Crippen molar-refractivity contribution in [3.8, 4) is 0 Å². The molecular weight excluding hydrogens is 442 g/mol. The maximum absolute atomic E-state index is 14.0. The van der Waals surface area contributed by atoms with Crippen LogP contribution in [0.2, 0.25) is 0 Å². The van der Waals surface area contributed by atoms with Crippen LogP contribution in [0.15, 0.2) is 0 Å². The van der Waals surface area contributed by atoms with Crippen LogP contribution >= 0.6 is 0 Å². The smallest absolute Gasteiger partial charge is 0.300 e. The summed E-state index contributed by atoms with van der Waals surface area (Å²) in [5.74, 6) is -6.89. The van der Waals surface area contributed by atoms with E-state index in [1.54, 1.807) is 0 Å². The number of nitrogens with zero attached hydrogens (tertiary/aromatic N) is 2. The van der Waals surface area contributed by atoms with E-state index in [-0.39, 0.29) is 23.2 Å². The number of piperidine rings is 2. The zero-order valence-corrected chi connectivity index (χ0v) is 16.1. The second-order valence-electron chi connectivity index (χ2n) is 6.81. The lowest BCUT2D eigenvalue weighted by Crippen LogP contribution is -2.64. The van der Waals surface area contributed by atoms with E-state index in [2.05, 4.69) is 0 Å². The molecule has 0 aromatic heterocycles. The van der Waals surface area contributed by atoms with Crippen molar-refractivity contribution in [2.45, 2.75) is 54.6 Å². The lowest BCUT2D eigenvalue weighted by atomic mass is 10.0. The normalized spacial score (nSPS) is 23.1. The van der Waals surface area contributed by atoms with Crippen molar-refractivity contribution in [3.63, 3.8) is 0 Å². The quantitative estimate of drug-likeness (QED) is 0.479. The number of halogens is 6. The minimum absolute atomic E-state index is 0.0373. The minimum Gasteiger partial charge on any atom is -0.300 e. The van der Waals surface area contributed by atoms with Crippen molar-refractivity contribution in [2.24, 2.45) is 0 Å². The first kappa shape index (κ1) is 23.6. The maximum Gasteiger partial charge on any atom is 0.439 e. The Morgan fingerprint density at radius 3 is 1.64 bits per heavy atom. The fraction of sp³-hybridized carbons (Fsp3) is 1.00. The van der Waals surface area contributed by atoms with Crippen LogP contribution in [0, 0.1) is 0 Å². The molecule has 0 unspecified atom stereocenters. The van der Waals surface area contributed by atoms with Crippen LogP contribution < -0.4 is 0 Å². The van der Waals surface area contributed by atoms with E-state index < -0.39 is 49.7 Å². The third kappa shape index (κ3) is 3.75. The highest BCUT2D eigenvalue weighted by Crippen LogP contribution is 2.51. The van der Waals surface area contributed by atoms with Gasteiger partial charge in [0.05, 0.1) is 0 Å². The molecule has 0 aromatic carbocycles. The van der Waals surface area contributed by atoms with Gasteiger partial charge in [0.1, 0.15) is 0 Å². The standard InChI is InChI=1S/C13H20F6N2O5S2/c14-11(15,13(18,19)28(24,25)26)12(16,17)27(22,23)21-8-4-10(5-9-21)20-6-2-1-3-7-20/h10H,1-9H2,(H,24,25,26). The van der Waals surface area contributed by atoms with Gasteiger partial charge in [-0.05, 0) is 38.8 Å². The average molecular weight is 462 g/mol. The molecule has 2 rings (SSSR count). The zero-order chi connectivity index (χ0) is 21.6. The number of rotatable bonds is 6. The molecule has 0 saturated carbocycles. The molecule has 0 amide bonds. The highest BCUT2D eigenvalue weighted by Gasteiger charge is 2.82. The van der Waals surface area contributed by atoms with E-state index >= 15 is 0 Å². The molecule has 166 valence electrons. The molecule has 0 spiro atoms. The van der Waals surface area contributed by atoms with Gasteiger partial charge in [-0.25, -0.2) is 8.42 Å². The minimum atomic E-state index is -7.01. The summed E-state index contributed by atoms with van der Waals surface area (Å²) in [6.07, 6.45) is 2.92. The summed E-state index contributed by atoms with van der Waals surface area (Å²) in [7, 11) is -13.4. The average Bonchev–Trinajstić information content (AvgIpc) is 2.61. The van der Waals surface area contributed by atoms with Crippen molar-refractivity contribution < 1.29 is 47.7 Å². The van der Waals surface area contributed by atoms with E-state index in [9.17, 15) is 43.2 Å². The largest absolute Gasteiger partial charge is 0.439 e. The van der Waals surface area contributed by atoms with Gasteiger partial charge in [0.15, 0.2) is 0 Å². The maximum atomic E-state index is 14.0. The molecule has 0 bridgehead atoms. The molecule has 0 radical (unpaired) electrons. The third-order valence-electron chi connectivity index (χ3n) is 5.05. The first-order chi connectivity index (χ1) is 12.6. The number of hydrogen-bond donors (Lipinski definition) is 1. The van der Waals surface area contributed by atoms with Crippen LogP contribution in [-0.4, -0.2) is 79.2 Å². The fourth-order valence-electron chi connectivity index (χ4n) is 3.39.